The van der Waals surface area contributed by atoms with Gasteiger partial charge < -0.3 is 20.3 Å². The van der Waals surface area contributed by atoms with Crippen LogP contribution in [0.5, 0.6) is 5.75 Å². The van der Waals surface area contributed by atoms with E-state index in [4.69, 9.17) is 33.7 Å². The lowest BCUT2D eigenvalue weighted by molar-refractivity contribution is -0.122. The highest BCUT2D eigenvalue weighted by molar-refractivity contribution is 6.35. The fourth-order valence-electron chi connectivity index (χ4n) is 3.22. The van der Waals surface area contributed by atoms with E-state index < -0.39 is 5.91 Å². The minimum absolute atomic E-state index is 0.248. The molecule has 1 saturated heterocycles. The van der Waals surface area contributed by atoms with Gasteiger partial charge in [0, 0.05) is 18.1 Å². The molecular formula is C19H25Cl2N7O2. The number of carbonyl (C=O) groups excluding carboxylic acids is 1. The maximum absolute atomic E-state index is 12.1. The van der Waals surface area contributed by atoms with E-state index in [0.717, 1.165) is 25.9 Å². The molecule has 1 aromatic carbocycles. The molecule has 9 nitrogen and oxygen atoms in total. The number of anilines is 3. The van der Waals surface area contributed by atoms with Gasteiger partial charge in [-0.25, -0.2) is 9.97 Å². The van der Waals surface area contributed by atoms with Gasteiger partial charge in [-0.2, -0.15) is 0 Å². The van der Waals surface area contributed by atoms with E-state index in [0.29, 0.717) is 39.2 Å². The molecule has 3 rings (SSSR count). The molecule has 0 spiro atoms. The second kappa shape index (κ2) is 10.0. The molecule has 1 amide bonds. The highest BCUT2D eigenvalue weighted by atomic mass is 35.5. The van der Waals surface area contributed by atoms with Gasteiger partial charge in [-0.3, -0.25) is 15.6 Å². The van der Waals surface area contributed by atoms with Crippen LogP contribution in [0.2, 0.25) is 10.0 Å². The average molecular weight is 454 g/mol. The van der Waals surface area contributed by atoms with Gasteiger partial charge in [-0.15, -0.1) is 0 Å². The molecule has 1 aromatic heterocycles. The Labute approximate surface area is 185 Å². The molecule has 30 heavy (non-hydrogen) atoms. The molecule has 0 saturated carbocycles. The molecular weight excluding hydrogens is 429 g/mol. The quantitative estimate of drug-likeness (QED) is 0.548. The Morgan fingerprint density at radius 3 is 2.77 bits per heavy atom. The second-order valence-electron chi connectivity index (χ2n) is 7.14. The Balaban J connectivity index is 1.56. The number of nitrogens with zero attached hydrogens (tertiary/aromatic N) is 4. The number of likely N-dealkylation sites (tertiary alicyclic amines) is 1. The summed E-state index contributed by atoms with van der Waals surface area (Å²) in [7, 11) is 4.09. The van der Waals surface area contributed by atoms with Crippen LogP contribution in [-0.4, -0.2) is 60.6 Å². The van der Waals surface area contributed by atoms with Crippen LogP contribution in [0.3, 0.4) is 0 Å². The lowest BCUT2D eigenvalue weighted by atomic mass is 10.0. The molecule has 2 aromatic rings. The third-order valence-electron chi connectivity index (χ3n) is 5.01. The molecule has 0 atom stereocenters. The zero-order chi connectivity index (χ0) is 21.7. The van der Waals surface area contributed by atoms with Crippen LogP contribution in [0.25, 0.3) is 0 Å². The van der Waals surface area contributed by atoms with Crippen LogP contribution < -0.4 is 26.2 Å². The molecule has 11 heteroatoms. The summed E-state index contributed by atoms with van der Waals surface area (Å²) in [6.07, 6.45) is 3.47. The van der Waals surface area contributed by atoms with Crippen molar-refractivity contribution in [1.29, 1.82) is 0 Å². The Morgan fingerprint density at radius 1 is 1.33 bits per heavy atom. The first kappa shape index (κ1) is 22.2. The van der Waals surface area contributed by atoms with Crippen molar-refractivity contribution in [1.82, 2.24) is 20.3 Å². The zero-order valence-electron chi connectivity index (χ0n) is 16.9. The van der Waals surface area contributed by atoms with Gasteiger partial charge in [0.2, 0.25) is 0 Å². The van der Waals surface area contributed by atoms with Crippen LogP contribution in [0, 0.1) is 0 Å². The van der Waals surface area contributed by atoms with E-state index in [-0.39, 0.29) is 6.61 Å². The summed E-state index contributed by atoms with van der Waals surface area (Å²) < 4.78 is 5.40. The van der Waals surface area contributed by atoms with Crippen molar-refractivity contribution in [3.63, 3.8) is 0 Å². The number of carbonyl (C=O) groups is 1. The van der Waals surface area contributed by atoms with Crippen LogP contribution >= 0.6 is 23.2 Å². The molecule has 0 unspecified atom stereocenters. The van der Waals surface area contributed by atoms with Gasteiger partial charge in [-0.05, 0) is 51.2 Å². The number of hydrogen-bond acceptors (Lipinski definition) is 8. The lowest BCUT2D eigenvalue weighted by Gasteiger charge is -2.36. The molecule has 4 N–H and O–H groups in total. The molecule has 1 aliphatic heterocycles. The van der Waals surface area contributed by atoms with Gasteiger partial charge in [0.1, 0.15) is 17.8 Å². The van der Waals surface area contributed by atoms with E-state index in [1.807, 2.05) is 7.05 Å². The summed E-state index contributed by atoms with van der Waals surface area (Å²) in [6.45, 7) is 1.80. The molecule has 1 fully saturated rings. The first-order chi connectivity index (χ1) is 14.3. The Kier molecular flexibility index (Phi) is 7.41. The number of nitrogens with two attached hydrogens (primary N) is 1. The number of aromatic nitrogens is 2. The fraction of sp³-hybridized carbons (Fsp3) is 0.421. The first-order valence-electron chi connectivity index (χ1n) is 9.49. The summed E-state index contributed by atoms with van der Waals surface area (Å²) in [5.41, 5.74) is 11.9. The second-order valence-corrected chi connectivity index (χ2v) is 7.99. The van der Waals surface area contributed by atoms with Gasteiger partial charge in [0.25, 0.3) is 5.91 Å². The number of hydrazine groups is 1. The van der Waals surface area contributed by atoms with Crippen molar-refractivity contribution in [2.24, 2.45) is 0 Å². The summed E-state index contributed by atoms with van der Waals surface area (Å²) in [5.74, 6) is 0.877. The van der Waals surface area contributed by atoms with Crippen molar-refractivity contribution in [2.75, 3.05) is 49.9 Å². The molecule has 0 bridgehead atoms. The summed E-state index contributed by atoms with van der Waals surface area (Å²) in [5, 5.41) is 0.809. The predicted octanol–water partition coefficient (Wildman–Crippen LogP) is 2.42. The lowest BCUT2D eigenvalue weighted by Crippen LogP contribution is -2.42. The number of rotatable bonds is 7. The van der Waals surface area contributed by atoms with Crippen molar-refractivity contribution in [2.45, 2.75) is 18.9 Å². The normalized spacial score (nSPS) is 14.9. The van der Waals surface area contributed by atoms with Crippen molar-refractivity contribution in [3.8, 4) is 5.75 Å². The number of nitrogen functional groups attached to an aromatic ring is 1. The van der Waals surface area contributed by atoms with Crippen LogP contribution in [-0.2, 0) is 4.79 Å². The SMILES string of the molecule is CN1CCC(N(C)c2ncnc(NNC(=O)COc3ccc(Cl)cc3Cl)c2N)CC1. The molecule has 1 aliphatic rings. The Bertz CT molecular complexity index is 891. The molecule has 2 heterocycles. The van der Waals surface area contributed by atoms with Crippen molar-refractivity contribution >= 4 is 46.4 Å². The third kappa shape index (κ3) is 5.56. The maximum atomic E-state index is 12.1. The molecule has 162 valence electrons. The van der Waals surface area contributed by atoms with Crippen molar-refractivity contribution in [3.05, 3.63) is 34.6 Å². The van der Waals surface area contributed by atoms with E-state index >= 15 is 0 Å². The first-order valence-corrected chi connectivity index (χ1v) is 10.2. The number of benzene rings is 1. The Hall–Kier alpha value is -2.49. The fourth-order valence-corrected chi connectivity index (χ4v) is 3.69. The van der Waals surface area contributed by atoms with Crippen LogP contribution in [0.1, 0.15) is 12.8 Å². The third-order valence-corrected chi connectivity index (χ3v) is 5.54. The van der Waals surface area contributed by atoms with Gasteiger partial charge in [0.15, 0.2) is 18.2 Å². The minimum atomic E-state index is -0.427. The van der Waals surface area contributed by atoms with E-state index in [2.05, 4.69) is 37.7 Å². The highest BCUT2D eigenvalue weighted by Gasteiger charge is 2.24. The largest absolute Gasteiger partial charge is 0.482 e. The monoisotopic (exact) mass is 453 g/mol. The van der Waals surface area contributed by atoms with E-state index in [9.17, 15) is 4.79 Å². The van der Waals surface area contributed by atoms with Gasteiger partial charge in [0.05, 0.1) is 5.02 Å². The van der Waals surface area contributed by atoms with Crippen LogP contribution in [0.4, 0.5) is 17.3 Å². The van der Waals surface area contributed by atoms with E-state index in [1.165, 1.54) is 6.33 Å². The van der Waals surface area contributed by atoms with Gasteiger partial charge >= 0.3 is 0 Å². The molecule has 0 aliphatic carbocycles. The maximum Gasteiger partial charge on any atom is 0.276 e. The van der Waals surface area contributed by atoms with E-state index in [1.54, 1.807) is 18.2 Å². The highest BCUT2D eigenvalue weighted by Crippen LogP contribution is 2.29. The minimum Gasteiger partial charge on any atom is -0.482 e. The summed E-state index contributed by atoms with van der Waals surface area (Å²) in [6, 6.07) is 5.11. The zero-order valence-corrected chi connectivity index (χ0v) is 18.4. The summed E-state index contributed by atoms with van der Waals surface area (Å²) >= 11 is 11.9. The molecule has 0 radical (unpaired) electrons. The number of nitrogens with one attached hydrogen (secondary N) is 2. The number of halogens is 2. The predicted molar refractivity (Wildman–Crippen MR) is 119 cm³/mol. The average Bonchev–Trinajstić information content (AvgIpc) is 2.72. The van der Waals surface area contributed by atoms with Crippen molar-refractivity contribution < 1.29 is 9.53 Å². The number of hydrogen-bond donors (Lipinski definition) is 3. The Morgan fingerprint density at radius 2 is 2.07 bits per heavy atom. The smallest absolute Gasteiger partial charge is 0.276 e. The number of amides is 1. The standard InChI is InChI=1S/C19H25Cl2N7O2/c1-27-7-5-13(6-8-27)28(2)19-17(22)18(23-11-24-19)26-25-16(29)10-30-15-4-3-12(20)9-14(15)21/h3-4,9,11,13H,5-8,10,22H2,1-2H3,(H,25,29)(H,23,24,26). The number of ether oxygens (including phenoxy) is 1. The van der Waals surface area contributed by atoms with Crippen LogP contribution in [0.15, 0.2) is 24.5 Å². The topological polar surface area (TPSA) is 109 Å². The summed E-state index contributed by atoms with van der Waals surface area (Å²) in [4.78, 5) is 24.9. The number of piperidine rings is 1. The van der Waals surface area contributed by atoms with Gasteiger partial charge in [-0.1, -0.05) is 23.2 Å².